The number of aromatic nitrogens is 2. The molecule has 3 heterocycles. The number of carbonyl (C=O) groups excluding carboxylic acids is 2. The summed E-state index contributed by atoms with van der Waals surface area (Å²) in [5, 5.41) is 3.30. The van der Waals surface area contributed by atoms with Crippen LogP contribution >= 0.6 is 0 Å². The van der Waals surface area contributed by atoms with E-state index < -0.39 is 0 Å². The molecule has 0 aromatic carbocycles. The quantitative estimate of drug-likeness (QED) is 0.704. The smallest absolute Gasteiger partial charge is 0.242 e. The van der Waals surface area contributed by atoms with E-state index in [1.807, 2.05) is 11.1 Å². The first-order valence-electron chi connectivity index (χ1n) is 11.6. The first kappa shape index (κ1) is 22.8. The van der Waals surface area contributed by atoms with Crippen molar-refractivity contribution in [2.45, 2.75) is 66.0 Å². The SMILES string of the molecule is CC(C)CC1NCCN(CC(=O)N2CCC(Cc3nccn3CC(C)C)CC2)C1=O. The second kappa shape index (κ2) is 10.4. The molecule has 2 fully saturated rings. The highest BCUT2D eigenvalue weighted by Crippen LogP contribution is 2.22. The number of nitrogens with zero attached hydrogens (tertiary/aromatic N) is 4. The van der Waals surface area contributed by atoms with Crippen LogP contribution in [0.5, 0.6) is 0 Å². The number of hydrogen-bond donors (Lipinski definition) is 1. The number of nitrogens with one attached hydrogen (secondary N) is 1. The van der Waals surface area contributed by atoms with E-state index in [0.29, 0.717) is 24.3 Å². The fourth-order valence-corrected chi connectivity index (χ4v) is 4.60. The lowest BCUT2D eigenvalue weighted by molar-refractivity contribution is -0.144. The highest BCUT2D eigenvalue weighted by atomic mass is 16.2. The maximum Gasteiger partial charge on any atom is 0.242 e. The van der Waals surface area contributed by atoms with Gasteiger partial charge in [0.25, 0.3) is 0 Å². The van der Waals surface area contributed by atoms with Gasteiger partial charge in [-0.25, -0.2) is 4.98 Å². The Morgan fingerprint density at radius 2 is 1.90 bits per heavy atom. The third-order valence-electron chi connectivity index (χ3n) is 6.22. The van der Waals surface area contributed by atoms with Crippen LogP contribution in [0.25, 0.3) is 0 Å². The molecule has 0 bridgehead atoms. The molecule has 1 unspecified atom stereocenters. The Balaban J connectivity index is 1.46. The van der Waals surface area contributed by atoms with Gasteiger partial charge in [-0.1, -0.05) is 27.7 Å². The minimum Gasteiger partial charge on any atom is -0.341 e. The molecule has 0 radical (unpaired) electrons. The van der Waals surface area contributed by atoms with Crippen LogP contribution in [0, 0.1) is 17.8 Å². The van der Waals surface area contributed by atoms with Gasteiger partial charge in [-0.15, -0.1) is 0 Å². The van der Waals surface area contributed by atoms with Crippen molar-refractivity contribution in [3.63, 3.8) is 0 Å². The highest BCUT2D eigenvalue weighted by Gasteiger charge is 2.32. The monoisotopic (exact) mass is 417 g/mol. The molecular formula is C23H39N5O2. The van der Waals surface area contributed by atoms with Crippen molar-refractivity contribution in [3.8, 4) is 0 Å². The molecule has 0 aliphatic carbocycles. The average molecular weight is 418 g/mol. The third-order valence-corrected chi connectivity index (χ3v) is 6.22. The molecule has 2 aliphatic heterocycles. The van der Waals surface area contributed by atoms with E-state index in [9.17, 15) is 9.59 Å². The van der Waals surface area contributed by atoms with Gasteiger partial charge in [0, 0.05) is 51.5 Å². The van der Waals surface area contributed by atoms with Crippen LogP contribution in [0.3, 0.4) is 0 Å². The molecule has 168 valence electrons. The fourth-order valence-electron chi connectivity index (χ4n) is 4.60. The number of amides is 2. The highest BCUT2D eigenvalue weighted by molar-refractivity contribution is 5.88. The molecule has 2 saturated heterocycles. The molecule has 0 saturated carbocycles. The van der Waals surface area contributed by atoms with Crippen LogP contribution in [-0.2, 0) is 22.6 Å². The normalized spacial score (nSPS) is 21.1. The second-order valence-corrected chi connectivity index (χ2v) is 9.81. The van der Waals surface area contributed by atoms with Gasteiger partial charge in [0.1, 0.15) is 5.82 Å². The summed E-state index contributed by atoms with van der Waals surface area (Å²) in [5.41, 5.74) is 0. The van der Waals surface area contributed by atoms with Crippen molar-refractivity contribution in [3.05, 3.63) is 18.2 Å². The molecule has 1 N–H and O–H groups in total. The number of piperazine rings is 1. The van der Waals surface area contributed by atoms with Crippen molar-refractivity contribution >= 4 is 11.8 Å². The van der Waals surface area contributed by atoms with Crippen molar-refractivity contribution < 1.29 is 9.59 Å². The largest absolute Gasteiger partial charge is 0.341 e. The maximum absolute atomic E-state index is 12.8. The Kier molecular flexibility index (Phi) is 7.92. The van der Waals surface area contributed by atoms with E-state index in [2.05, 4.69) is 48.8 Å². The number of imidazole rings is 1. The minimum atomic E-state index is -0.146. The number of hydrogen-bond acceptors (Lipinski definition) is 4. The average Bonchev–Trinajstić information content (AvgIpc) is 3.11. The molecule has 7 nitrogen and oxygen atoms in total. The summed E-state index contributed by atoms with van der Waals surface area (Å²) in [5.74, 6) is 2.96. The summed E-state index contributed by atoms with van der Waals surface area (Å²) in [7, 11) is 0. The molecule has 3 rings (SSSR count). The molecule has 2 amide bonds. The van der Waals surface area contributed by atoms with E-state index in [0.717, 1.165) is 57.7 Å². The van der Waals surface area contributed by atoms with E-state index in [-0.39, 0.29) is 24.4 Å². The number of piperidine rings is 1. The number of rotatable bonds is 8. The van der Waals surface area contributed by atoms with Crippen LogP contribution in [0.15, 0.2) is 12.4 Å². The Morgan fingerprint density at radius 1 is 1.17 bits per heavy atom. The second-order valence-electron chi connectivity index (χ2n) is 9.81. The molecular weight excluding hydrogens is 378 g/mol. The predicted octanol–water partition coefficient (Wildman–Crippen LogP) is 2.17. The molecule has 1 aromatic heterocycles. The third kappa shape index (κ3) is 6.06. The van der Waals surface area contributed by atoms with Gasteiger partial charge >= 0.3 is 0 Å². The topological polar surface area (TPSA) is 70.5 Å². The lowest BCUT2D eigenvalue weighted by Gasteiger charge is -2.36. The molecule has 1 aromatic rings. The first-order chi connectivity index (χ1) is 14.3. The van der Waals surface area contributed by atoms with Gasteiger partial charge in [0.2, 0.25) is 11.8 Å². The first-order valence-corrected chi connectivity index (χ1v) is 11.6. The summed E-state index contributed by atoms with van der Waals surface area (Å²) in [6, 6.07) is -0.146. The maximum atomic E-state index is 12.8. The van der Waals surface area contributed by atoms with Crippen LogP contribution in [0.4, 0.5) is 0 Å². The zero-order valence-corrected chi connectivity index (χ0v) is 19.1. The van der Waals surface area contributed by atoms with Crippen LogP contribution < -0.4 is 5.32 Å². The van der Waals surface area contributed by atoms with E-state index in [4.69, 9.17) is 0 Å². The van der Waals surface area contributed by atoms with Gasteiger partial charge in [-0.2, -0.15) is 0 Å². The van der Waals surface area contributed by atoms with E-state index >= 15 is 0 Å². The number of carbonyl (C=O) groups is 2. The number of likely N-dealkylation sites (tertiary alicyclic amines) is 1. The van der Waals surface area contributed by atoms with Crippen LogP contribution in [-0.4, -0.2) is 69.9 Å². The Labute approximate surface area is 181 Å². The standard InChI is InChI=1S/C23H39N5O2/c1-17(2)13-20-23(30)28(12-7-24-20)16-22(29)26-9-5-19(6-10-26)14-21-25-8-11-27(21)15-18(3)4/h8,11,17-20,24H,5-7,9-10,12-16H2,1-4H3. The fraction of sp³-hybridized carbons (Fsp3) is 0.783. The van der Waals surface area contributed by atoms with Crippen molar-refractivity contribution in [2.24, 2.45) is 17.8 Å². The summed E-state index contributed by atoms with van der Waals surface area (Å²) in [4.78, 5) is 33.8. The predicted molar refractivity (Wildman–Crippen MR) is 118 cm³/mol. The Morgan fingerprint density at radius 3 is 2.57 bits per heavy atom. The van der Waals surface area contributed by atoms with Crippen molar-refractivity contribution in [2.75, 3.05) is 32.7 Å². The molecule has 7 heteroatoms. The van der Waals surface area contributed by atoms with E-state index in [1.54, 1.807) is 4.90 Å². The Bertz CT molecular complexity index is 706. The van der Waals surface area contributed by atoms with Crippen molar-refractivity contribution in [1.29, 1.82) is 0 Å². The lowest BCUT2D eigenvalue weighted by Crippen LogP contribution is -2.57. The zero-order chi connectivity index (χ0) is 21.7. The van der Waals surface area contributed by atoms with E-state index in [1.165, 1.54) is 0 Å². The summed E-state index contributed by atoms with van der Waals surface area (Å²) in [6.45, 7) is 12.9. The summed E-state index contributed by atoms with van der Waals surface area (Å²) >= 11 is 0. The van der Waals surface area contributed by atoms with Gasteiger partial charge < -0.3 is 19.7 Å². The van der Waals surface area contributed by atoms with Crippen LogP contribution in [0.1, 0.15) is 52.8 Å². The van der Waals surface area contributed by atoms with Gasteiger partial charge in [0.15, 0.2) is 0 Å². The van der Waals surface area contributed by atoms with Crippen molar-refractivity contribution in [1.82, 2.24) is 24.7 Å². The van der Waals surface area contributed by atoms with Gasteiger partial charge in [-0.3, -0.25) is 9.59 Å². The van der Waals surface area contributed by atoms with Gasteiger partial charge in [0.05, 0.1) is 12.6 Å². The summed E-state index contributed by atoms with van der Waals surface area (Å²) in [6.07, 6.45) is 7.78. The Hall–Kier alpha value is -1.89. The lowest BCUT2D eigenvalue weighted by atomic mass is 9.93. The summed E-state index contributed by atoms with van der Waals surface area (Å²) < 4.78 is 2.27. The molecule has 0 spiro atoms. The zero-order valence-electron chi connectivity index (χ0n) is 19.1. The molecule has 1 atom stereocenters. The van der Waals surface area contributed by atoms with Crippen LogP contribution in [0.2, 0.25) is 0 Å². The molecule has 2 aliphatic rings. The minimum absolute atomic E-state index is 0.0789. The molecule has 30 heavy (non-hydrogen) atoms. The van der Waals surface area contributed by atoms with Gasteiger partial charge in [-0.05, 0) is 37.0 Å².